The largest absolute Gasteiger partial charge is 0.493 e. The summed E-state index contributed by atoms with van der Waals surface area (Å²) in [5, 5.41) is 13.6. The second kappa shape index (κ2) is 8.25. The van der Waals surface area contributed by atoms with Crippen LogP contribution in [0.3, 0.4) is 0 Å². The number of nitrogens with one attached hydrogen (secondary N) is 1. The van der Waals surface area contributed by atoms with E-state index in [1.807, 2.05) is 25.1 Å². The van der Waals surface area contributed by atoms with E-state index in [4.69, 9.17) is 9.47 Å². The van der Waals surface area contributed by atoms with Crippen molar-refractivity contribution in [2.75, 3.05) is 13.7 Å². The Morgan fingerprint density at radius 1 is 1.19 bits per heavy atom. The number of hydrogen-bond acceptors (Lipinski definition) is 4. The lowest BCUT2D eigenvalue weighted by atomic mass is 10.1. The fourth-order valence-electron chi connectivity index (χ4n) is 2.87. The highest BCUT2D eigenvalue weighted by Crippen LogP contribution is 2.28. The lowest BCUT2D eigenvalue weighted by Crippen LogP contribution is -2.38. The molecule has 2 atom stereocenters. The third-order valence-corrected chi connectivity index (χ3v) is 4.08. The van der Waals surface area contributed by atoms with Crippen LogP contribution in [0.25, 0.3) is 0 Å². The summed E-state index contributed by atoms with van der Waals surface area (Å²) in [7, 11) is 1.65. The van der Waals surface area contributed by atoms with Gasteiger partial charge in [0.25, 0.3) is 0 Å². The van der Waals surface area contributed by atoms with Crippen LogP contribution in [0, 0.1) is 0 Å². The molecular formula is C17H27NO3. The van der Waals surface area contributed by atoms with Crippen molar-refractivity contribution in [3.05, 3.63) is 23.8 Å². The van der Waals surface area contributed by atoms with Crippen molar-refractivity contribution in [3.63, 3.8) is 0 Å². The van der Waals surface area contributed by atoms with Crippen molar-refractivity contribution in [1.29, 1.82) is 0 Å². The maximum Gasteiger partial charge on any atom is 0.161 e. The fourth-order valence-corrected chi connectivity index (χ4v) is 2.87. The van der Waals surface area contributed by atoms with Crippen molar-refractivity contribution >= 4 is 0 Å². The van der Waals surface area contributed by atoms with E-state index >= 15 is 0 Å². The summed E-state index contributed by atoms with van der Waals surface area (Å²) in [6, 6.07) is 6.19. The van der Waals surface area contributed by atoms with Crippen LogP contribution in [0.5, 0.6) is 11.5 Å². The number of aliphatic hydroxyl groups excluding tert-OH is 1. The van der Waals surface area contributed by atoms with Gasteiger partial charge in [0.15, 0.2) is 11.5 Å². The van der Waals surface area contributed by atoms with Crippen LogP contribution in [-0.2, 0) is 6.54 Å². The van der Waals surface area contributed by atoms with Crippen molar-refractivity contribution in [2.45, 2.75) is 57.7 Å². The van der Waals surface area contributed by atoms with E-state index in [-0.39, 0.29) is 12.1 Å². The quantitative estimate of drug-likeness (QED) is 0.792. The highest BCUT2D eigenvalue weighted by molar-refractivity contribution is 5.42. The summed E-state index contributed by atoms with van der Waals surface area (Å²) < 4.78 is 10.9. The maximum absolute atomic E-state index is 10.1. The molecule has 0 aliphatic heterocycles. The minimum absolute atomic E-state index is 0.199. The molecule has 1 fully saturated rings. The topological polar surface area (TPSA) is 50.7 Å². The van der Waals surface area contributed by atoms with Gasteiger partial charge in [-0.15, -0.1) is 0 Å². The fraction of sp³-hybridized carbons (Fsp3) is 0.647. The molecule has 1 aliphatic rings. The van der Waals surface area contributed by atoms with E-state index in [9.17, 15) is 5.11 Å². The average Bonchev–Trinajstić information content (AvgIpc) is 2.70. The molecule has 0 amide bonds. The number of methoxy groups -OCH3 is 1. The molecule has 1 aromatic rings. The van der Waals surface area contributed by atoms with Crippen LogP contribution in [-0.4, -0.2) is 31.0 Å². The van der Waals surface area contributed by atoms with Gasteiger partial charge in [-0.3, -0.25) is 0 Å². The van der Waals surface area contributed by atoms with Gasteiger partial charge in [-0.1, -0.05) is 25.3 Å². The van der Waals surface area contributed by atoms with Gasteiger partial charge < -0.3 is 19.9 Å². The minimum Gasteiger partial charge on any atom is -0.493 e. The van der Waals surface area contributed by atoms with E-state index in [0.717, 1.165) is 42.9 Å². The van der Waals surface area contributed by atoms with Crippen LogP contribution in [0.15, 0.2) is 18.2 Å². The van der Waals surface area contributed by atoms with Gasteiger partial charge in [-0.2, -0.15) is 0 Å². The van der Waals surface area contributed by atoms with Crippen LogP contribution in [0.1, 0.15) is 44.6 Å². The Kier molecular flexibility index (Phi) is 6.33. The number of rotatable bonds is 6. The van der Waals surface area contributed by atoms with Crippen molar-refractivity contribution in [2.24, 2.45) is 0 Å². The molecule has 0 saturated heterocycles. The van der Waals surface area contributed by atoms with Gasteiger partial charge in [0.1, 0.15) is 0 Å². The Morgan fingerprint density at radius 3 is 2.76 bits per heavy atom. The Balaban J connectivity index is 1.97. The third kappa shape index (κ3) is 4.61. The predicted molar refractivity (Wildman–Crippen MR) is 83.9 cm³/mol. The summed E-state index contributed by atoms with van der Waals surface area (Å²) in [6.45, 7) is 3.33. The van der Waals surface area contributed by atoms with Gasteiger partial charge in [0.05, 0.1) is 19.8 Å². The first-order chi connectivity index (χ1) is 10.2. The number of hydrogen-bond donors (Lipinski definition) is 2. The molecular weight excluding hydrogens is 266 g/mol. The Morgan fingerprint density at radius 2 is 2.00 bits per heavy atom. The summed E-state index contributed by atoms with van der Waals surface area (Å²) in [5.41, 5.74) is 1.15. The number of ether oxygens (including phenoxy) is 2. The SMILES string of the molecule is CCOc1cc(CNC2CCCCCC2O)ccc1OC. The summed E-state index contributed by atoms with van der Waals surface area (Å²) >= 11 is 0. The zero-order chi connectivity index (χ0) is 15.1. The molecule has 4 heteroatoms. The van der Waals surface area contributed by atoms with E-state index in [0.29, 0.717) is 6.61 Å². The molecule has 0 bridgehead atoms. The first-order valence-corrected chi connectivity index (χ1v) is 7.95. The molecule has 1 aliphatic carbocycles. The normalized spacial score (nSPS) is 22.6. The molecule has 2 N–H and O–H groups in total. The molecule has 1 saturated carbocycles. The Hall–Kier alpha value is -1.26. The smallest absolute Gasteiger partial charge is 0.161 e. The molecule has 0 heterocycles. The zero-order valence-electron chi connectivity index (χ0n) is 13.1. The van der Waals surface area contributed by atoms with E-state index in [1.54, 1.807) is 7.11 Å². The minimum atomic E-state index is -0.225. The molecule has 0 radical (unpaired) electrons. The van der Waals surface area contributed by atoms with Crippen LogP contribution in [0.2, 0.25) is 0 Å². The molecule has 2 unspecified atom stereocenters. The molecule has 21 heavy (non-hydrogen) atoms. The van der Waals surface area contributed by atoms with Gasteiger partial charge in [-0.25, -0.2) is 0 Å². The van der Waals surface area contributed by atoms with E-state index in [1.165, 1.54) is 12.8 Å². The maximum atomic E-state index is 10.1. The highest BCUT2D eigenvalue weighted by Gasteiger charge is 2.20. The molecule has 118 valence electrons. The first kappa shape index (κ1) is 16.1. The molecule has 0 aromatic heterocycles. The molecule has 1 aromatic carbocycles. The van der Waals surface area contributed by atoms with Gasteiger partial charge >= 0.3 is 0 Å². The third-order valence-electron chi connectivity index (χ3n) is 4.08. The Labute approximate surface area is 127 Å². The van der Waals surface area contributed by atoms with E-state index in [2.05, 4.69) is 5.32 Å². The second-order valence-corrected chi connectivity index (χ2v) is 5.61. The van der Waals surface area contributed by atoms with Gasteiger partial charge in [0.2, 0.25) is 0 Å². The second-order valence-electron chi connectivity index (χ2n) is 5.61. The first-order valence-electron chi connectivity index (χ1n) is 7.95. The average molecular weight is 293 g/mol. The van der Waals surface area contributed by atoms with E-state index < -0.39 is 0 Å². The molecule has 4 nitrogen and oxygen atoms in total. The van der Waals surface area contributed by atoms with Crippen LogP contribution in [0.4, 0.5) is 0 Å². The lowest BCUT2D eigenvalue weighted by Gasteiger charge is -2.22. The molecule has 0 spiro atoms. The standard InChI is InChI=1S/C17H27NO3/c1-3-21-17-11-13(9-10-16(17)20-2)12-18-14-7-5-4-6-8-15(14)19/h9-11,14-15,18-19H,3-8,12H2,1-2H3. The number of benzene rings is 1. The zero-order valence-corrected chi connectivity index (χ0v) is 13.1. The highest BCUT2D eigenvalue weighted by atomic mass is 16.5. The summed E-state index contributed by atoms with van der Waals surface area (Å²) in [4.78, 5) is 0. The van der Waals surface area contributed by atoms with Crippen LogP contribution < -0.4 is 14.8 Å². The Bertz CT molecular complexity index is 436. The lowest BCUT2D eigenvalue weighted by molar-refractivity contribution is 0.119. The van der Waals surface area contributed by atoms with Gasteiger partial charge in [-0.05, 0) is 37.5 Å². The number of aliphatic hydroxyl groups is 1. The van der Waals surface area contributed by atoms with Crippen LogP contribution >= 0.6 is 0 Å². The van der Waals surface area contributed by atoms with Crippen molar-refractivity contribution in [1.82, 2.24) is 5.32 Å². The van der Waals surface area contributed by atoms with Crippen molar-refractivity contribution in [3.8, 4) is 11.5 Å². The van der Waals surface area contributed by atoms with Gasteiger partial charge in [0, 0.05) is 12.6 Å². The summed E-state index contributed by atoms with van der Waals surface area (Å²) in [5.74, 6) is 1.54. The summed E-state index contributed by atoms with van der Waals surface area (Å²) in [6.07, 6.45) is 5.29. The molecule has 2 rings (SSSR count). The predicted octanol–water partition coefficient (Wildman–Crippen LogP) is 2.88. The monoisotopic (exact) mass is 293 g/mol. The van der Waals surface area contributed by atoms with Crippen molar-refractivity contribution < 1.29 is 14.6 Å².